The van der Waals surface area contributed by atoms with Gasteiger partial charge in [0.2, 0.25) is 11.8 Å². The van der Waals surface area contributed by atoms with Crippen LogP contribution < -0.4 is 10.6 Å². The molecule has 0 fully saturated rings. The maximum Gasteiger partial charge on any atom is 0.351 e. The van der Waals surface area contributed by atoms with Crippen molar-refractivity contribution in [2.75, 3.05) is 0 Å². The average molecular weight is 256 g/mol. The van der Waals surface area contributed by atoms with E-state index in [2.05, 4.69) is 13.2 Å². The fraction of sp³-hybridized carbons (Fsp3) is 0.200. The number of hydrogen-bond acceptors (Lipinski definition) is 4. The van der Waals surface area contributed by atoms with Gasteiger partial charge in [0.05, 0.1) is 0 Å². The molecule has 0 spiro atoms. The molecule has 0 heterocycles. The molecule has 4 N–H and O–H groups in total. The van der Waals surface area contributed by atoms with Gasteiger partial charge < -0.3 is 20.8 Å². The first-order chi connectivity index (χ1) is 8.23. The number of carboxylic acids is 2. The summed E-state index contributed by atoms with van der Waals surface area (Å²) >= 11 is 0. The van der Waals surface area contributed by atoms with Crippen molar-refractivity contribution in [3.63, 3.8) is 0 Å². The molecule has 0 aliphatic carbocycles. The second kappa shape index (κ2) is 6.84. The highest BCUT2D eigenvalue weighted by Gasteiger charge is 2.12. The molecule has 2 amide bonds. The van der Waals surface area contributed by atoms with E-state index in [0.717, 1.165) is 0 Å². The summed E-state index contributed by atoms with van der Waals surface area (Å²) in [6.45, 7) is 6.14. The molecule has 0 saturated carbocycles. The molecule has 0 aromatic heterocycles. The van der Waals surface area contributed by atoms with Crippen molar-refractivity contribution < 1.29 is 29.4 Å². The topological polar surface area (TPSA) is 133 Å². The molecule has 0 unspecified atom stereocenters. The molecule has 0 rings (SSSR count). The van der Waals surface area contributed by atoms with E-state index < -0.39 is 35.1 Å². The van der Waals surface area contributed by atoms with Gasteiger partial charge in [0.25, 0.3) is 0 Å². The molecule has 8 heteroatoms. The van der Waals surface area contributed by atoms with Gasteiger partial charge in [-0.3, -0.25) is 9.59 Å². The third-order valence-electron chi connectivity index (χ3n) is 1.68. The Balaban J connectivity index is 4.03. The van der Waals surface area contributed by atoms with Gasteiger partial charge in [-0.25, -0.2) is 9.59 Å². The Labute approximate surface area is 102 Å². The van der Waals surface area contributed by atoms with Crippen LogP contribution in [0, 0.1) is 0 Å². The molecular formula is C10H12N2O6. The minimum Gasteiger partial charge on any atom is -0.477 e. The zero-order valence-corrected chi connectivity index (χ0v) is 9.36. The predicted octanol–water partition coefficient (Wildman–Crippen LogP) is -0.804. The van der Waals surface area contributed by atoms with Crippen molar-refractivity contribution >= 4 is 23.8 Å². The smallest absolute Gasteiger partial charge is 0.351 e. The molecule has 0 radical (unpaired) electrons. The van der Waals surface area contributed by atoms with Gasteiger partial charge in [-0.05, 0) is 0 Å². The molecular weight excluding hydrogens is 244 g/mol. The highest BCUT2D eigenvalue weighted by atomic mass is 16.4. The fourth-order valence-electron chi connectivity index (χ4n) is 0.796. The number of nitrogens with one attached hydrogen (secondary N) is 2. The summed E-state index contributed by atoms with van der Waals surface area (Å²) in [6.07, 6.45) is -0.601. The van der Waals surface area contributed by atoms with Gasteiger partial charge in [-0.2, -0.15) is 0 Å². The molecule has 0 atom stereocenters. The molecule has 0 aromatic rings. The first-order valence-corrected chi connectivity index (χ1v) is 4.68. The quantitative estimate of drug-likeness (QED) is 0.440. The van der Waals surface area contributed by atoms with Crippen molar-refractivity contribution in [2.45, 2.75) is 12.8 Å². The largest absolute Gasteiger partial charge is 0.477 e. The lowest BCUT2D eigenvalue weighted by Crippen LogP contribution is -2.30. The van der Waals surface area contributed by atoms with Crippen LogP contribution in [0.1, 0.15) is 12.8 Å². The lowest BCUT2D eigenvalue weighted by atomic mass is 10.2. The van der Waals surface area contributed by atoms with Crippen LogP contribution in [0.3, 0.4) is 0 Å². The Hall–Kier alpha value is -2.64. The molecule has 0 saturated heterocycles. The summed E-state index contributed by atoms with van der Waals surface area (Å²) in [5.41, 5.74) is -1.01. The van der Waals surface area contributed by atoms with Crippen LogP contribution in [0.15, 0.2) is 24.6 Å². The monoisotopic (exact) mass is 256 g/mol. The zero-order valence-electron chi connectivity index (χ0n) is 9.36. The summed E-state index contributed by atoms with van der Waals surface area (Å²) < 4.78 is 0. The van der Waals surface area contributed by atoms with Crippen molar-refractivity contribution in [1.29, 1.82) is 0 Å². The standard InChI is InChI=1S/C10H12N2O6/c1-5(9(15)16)11-7(13)3-4-8(14)12-6(2)10(17)18/h1-4H2,(H,11,13)(H,12,14)(H,15,16)(H,17,18). The Morgan fingerprint density at radius 2 is 1.06 bits per heavy atom. The highest BCUT2D eigenvalue weighted by Crippen LogP contribution is 1.94. The van der Waals surface area contributed by atoms with Crippen molar-refractivity contribution in [3.8, 4) is 0 Å². The number of amides is 2. The van der Waals surface area contributed by atoms with Gasteiger partial charge in [-0.15, -0.1) is 0 Å². The molecule has 0 aromatic carbocycles. The minimum absolute atomic E-state index is 0.301. The zero-order chi connectivity index (χ0) is 14.3. The summed E-state index contributed by atoms with van der Waals surface area (Å²) in [7, 11) is 0. The fourth-order valence-corrected chi connectivity index (χ4v) is 0.796. The van der Waals surface area contributed by atoms with Crippen LogP contribution in [0.25, 0.3) is 0 Å². The van der Waals surface area contributed by atoms with Gasteiger partial charge in [0, 0.05) is 12.8 Å². The Kier molecular flexibility index (Phi) is 5.84. The minimum atomic E-state index is -1.38. The third-order valence-corrected chi connectivity index (χ3v) is 1.68. The molecule has 98 valence electrons. The SMILES string of the molecule is C=C(NC(=O)CCC(=O)NC(=C)C(=O)O)C(=O)O. The van der Waals surface area contributed by atoms with E-state index in [0.29, 0.717) is 0 Å². The van der Waals surface area contributed by atoms with E-state index in [-0.39, 0.29) is 12.8 Å². The number of carbonyl (C=O) groups excluding carboxylic acids is 2. The molecule has 18 heavy (non-hydrogen) atoms. The number of aliphatic carboxylic acids is 2. The van der Waals surface area contributed by atoms with Crippen LogP contribution in [0.2, 0.25) is 0 Å². The van der Waals surface area contributed by atoms with E-state index in [9.17, 15) is 19.2 Å². The van der Waals surface area contributed by atoms with Gasteiger partial charge in [0.1, 0.15) is 11.4 Å². The first kappa shape index (κ1) is 15.4. The van der Waals surface area contributed by atoms with Crippen molar-refractivity contribution in [3.05, 3.63) is 24.6 Å². The van der Waals surface area contributed by atoms with E-state index in [1.807, 2.05) is 10.6 Å². The van der Waals surface area contributed by atoms with Crippen LogP contribution in [-0.4, -0.2) is 34.0 Å². The predicted molar refractivity (Wildman–Crippen MR) is 59.1 cm³/mol. The maximum atomic E-state index is 11.1. The van der Waals surface area contributed by atoms with E-state index >= 15 is 0 Å². The lowest BCUT2D eigenvalue weighted by molar-refractivity contribution is -0.135. The van der Waals surface area contributed by atoms with Crippen molar-refractivity contribution in [2.24, 2.45) is 0 Å². The molecule has 0 aliphatic heterocycles. The Bertz CT molecular complexity index is 386. The van der Waals surface area contributed by atoms with Crippen LogP contribution in [0.5, 0.6) is 0 Å². The molecule has 0 bridgehead atoms. The maximum absolute atomic E-state index is 11.1. The summed E-state index contributed by atoms with van der Waals surface area (Å²) in [5, 5.41) is 20.8. The number of carboxylic acid groups (broad SMARTS) is 2. The van der Waals surface area contributed by atoms with Crippen LogP contribution >= 0.6 is 0 Å². The van der Waals surface area contributed by atoms with E-state index in [1.54, 1.807) is 0 Å². The van der Waals surface area contributed by atoms with Crippen molar-refractivity contribution in [1.82, 2.24) is 10.6 Å². The molecule has 8 nitrogen and oxygen atoms in total. The van der Waals surface area contributed by atoms with Gasteiger partial charge in [-0.1, -0.05) is 13.2 Å². The Morgan fingerprint density at radius 3 is 1.28 bits per heavy atom. The number of carbonyl (C=O) groups is 4. The highest BCUT2D eigenvalue weighted by molar-refractivity contribution is 5.95. The molecule has 0 aliphatic rings. The third kappa shape index (κ3) is 6.05. The summed E-state index contributed by atoms with van der Waals surface area (Å²) in [6, 6.07) is 0. The Morgan fingerprint density at radius 1 is 0.778 bits per heavy atom. The van der Waals surface area contributed by atoms with Gasteiger partial charge in [0.15, 0.2) is 0 Å². The summed E-state index contributed by atoms with van der Waals surface area (Å²) in [5.74, 6) is -4.18. The number of hydrogen-bond donors (Lipinski definition) is 4. The van der Waals surface area contributed by atoms with Crippen LogP contribution in [0.4, 0.5) is 0 Å². The number of rotatable bonds is 7. The van der Waals surface area contributed by atoms with E-state index in [1.165, 1.54) is 0 Å². The lowest BCUT2D eigenvalue weighted by Gasteiger charge is -2.05. The van der Waals surface area contributed by atoms with Gasteiger partial charge >= 0.3 is 11.9 Å². The average Bonchev–Trinajstić information content (AvgIpc) is 2.25. The van der Waals surface area contributed by atoms with Crippen LogP contribution in [-0.2, 0) is 19.2 Å². The normalized spacial score (nSPS) is 9.11. The first-order valence-electron chi connectivity index (χ1n) is 4.68. The van der Waals surface area contributed by atoms with E-state index in [4.69, 9.17) is 10.2 Å². The second-order valence-corrected chi connectivity index (χ2v) is 3.16. The second-order valence-electron chi connectivity index (χ2n) is 3.16. The summed E-state index contributed by atoms with van der Waals surface area (Å²) in [4.78, 5) is 42.9.